The van der Waals surface area contributed by atoms with Crippen molar-refractivity contribution < 1.29 is 13.3 Å². The van der Waals surface area contributed by atoms with E-state index in [9.17, 15) is 18.5 Å². The highest BCUT2D eigenvalue weighted by Crippen LogP contribution is 2.29. The van der Waals surface area contributed by atoms with Gasteiger partial charge in [-0.05, 0) is 36.4 Å². The summed E-state index contributed by atoms with van der Waals surface area (Å²) in [5.41, 5.74) is 0.700. The Morgan fingerprint density at radius 1 is 1.13 bits per heavy atom. The van der Waals surface area contributed by atoms with Gasteiger partial charge in [0.05, 0.1) is 4.92 Å². The number of nitro groups is 1. The second-order valence-electron chi connectivity index (χ2n) is 4.75. The lowest BCUT2D eigenvalue weighted by Crippen LogP contribution is -2.14. The molecule has 0 bridgehead atoms. The molecule has 3 rings (SSSR count). The Labute approximate surface area is 139 Å². The molecule has 0 spiro atoms. The molecule has 1 heterocycles. The van der Waals surface area contributed by atoms with Crippen LogP contribution in [0.2, 0.25) is 0 Å². The molecular formula is C14H10BrN3O4S. The van der Waals surface area contributed by atoms with E-state index in [-0.39, 0.29) is 4.90 Å². The number of hydrogen-bond donors (Lipinski definition) is 2. The molecule has 9 heteroatoms. The Morgan fingerprint density at radius 2 is 1.91 bits per heavy atom. The van der Waals surface area contributed by atoms with Crippen LogP contribution in [0.3, 0.4) is 0 Å². The zero-order valence-corrected chi connectivity index (χ0v) is 13.9. The van der Waals surface area contributed by atoms with Crippen molar-refractivity contribution in [2.45, 2.75) is 4.90 Å². The number of fused-ring (bicyclic) bond motifs is 1. The molecule has 2 aromatic carbocycles. The molecule has 0 saturated heterocycles. The molecule has 2 N–H and O–H groups in total. The van der Waals surface area contributed by atoms with Gasteiger partial charge >= 0.3 is 0 Å². The Morgan fingerprint density at radius 3 is 2.65 bits per heavy atom. The molecule has 7 nitrogen and oxygen atoms in total. The lowest BCUT2D eigenvalue weighted by molar-refractivity contribution is -0.387. The van der Waals surface area contributed by atoms with Crippen LogP contribution in [0.15, 0.2) is 58.0 Å². The molecule has 3 aromatic rings. The number of anilines is 1. The summed E-state index contributed by atoms with van der Waals surface area (Å²) in [6.07, 6.45) is 1.74. The third-order valence-corrected chi connectivity index (χ3v) is 5.13. The second kappa shape index (κ2) is 5.67. The topological polar surface area (TPSA) is 105 Å². The number of aromatic nitrogens is 1. The lowest BCUT2D eigenvalue weighted by Gasteiger charge is -2.09. The maximum absolute atomic E-state index is 12.5. The number of rotatable bonds is 4. The van der Waals surface area contributed by atoms with Gasteiger partial charge in [-0.25, -0.2) is 8.42 Å². The number of nitrogens with one attached hydrogen (secondary N) is 2. The summed E-state index contributed by atoms with van der Waals surface area (Å²) in [4.78, 5) is 13.0. The minimum atomic E-state index is -4.08. The Bertz CT molecular complexity index is 1010. The van der Waals surface area contributed by atoms with Gasteiger partial charge < -0.3 is 4.98 Å². The van der Waals surface area contributed by atoms with Crippen LogP contribution in [0.4, 0.5) is 11.4 Å². The van der Waals surface area contributed by atoms with Crippen LogP contribution in [-0.4, -0.2) is 18.3 Å². The van der Waals surface area contributed by atoms with Crippen LogP contribution in [0.1, 0.15) is 0 Å². The molecule has 23 heavy (non-hydrogen) atoms. The quantitative estimate of drug-likeness (QED) is 0.519. The van der Waals surface area contributed by atoms with Gasteiger partial charge in [0.15, 0.2) is 4.90 Å². The SMILES string of the molecule is O=[N+]([O-])c1cc(Br)ccc1S(=O)(=O)Nc1ccc2[nH]ccc2c1. The Hall–Kier alpha value is -2.39. The van der Waals surface area contributed by atoms with E-state index >= 15 is 0 Å². The summed E-state index contributed by atoms with van der Waals surface area (Å²) in [7, 11) is -4.08. The number of benzene rings is 2. The van der Waals surface area contributed by atoms with Crippen molar-refractivity contribution in [3.05, 3.63) is 63.2 Å². The fraction of sp³-hybridized carbons (Fsp3) is 0. The third-order valence-electron chi connectivity index (χ3n) is 3.21. The smallest absolute Gasteiger partial charge is 0.291 e. The van der Waals surface area contributed by atoms with Gasteiger partial charge in [-0.1, -0.05) is 15.9 Å². The average Bonchev–Trinajstić information content (AvgIpc) is 2.93. The van der Waals surface area contributed by atoms with Crippen LogP contribution >= 0.6 is 15.9 Å². The number of sulfonamides is 1. The summed E-state index contributed by atoms with van der Waals surface area (Å²) in [5, 5.41) is 11.9. The van der Waals surface area contributed by atoms with E-state index in [2.05, 4.69) is 25.6 Å². The van der Waals surface area contributed by atoms with Crippen molar-refractivity contribution in [3.63, 3.8) is 0 Å². The minimum absolute atomic E-state index is 0.328. The summed E-state index contributed by atoms with van der Waals surface area (Å²) in [6.45, 7) is 0. The zero-order chi connectivity index (χ0) is 16.6. The van der Waals surface area contributed by atoms with Gasteiger partial charge in [0.2, 0.25) is 0 Å². The van der Waals surface area contributed by atoms with Crippen LogP contribution in [0.5, 0.6) is 0 Å². The predicted octanol–water partition coefficient (Wildman–Crippen LogP) is 3.64. The van der Waals surface area contributed by atoms with E-state index in [1.165, 1.54) is 12.1 Å². The molecule has 0 saturated carbocycles. The maximum Gasteiger partial charge on any atom is 0.291 e. The van der Waals surface area contributed by atoms with Crippen LogP contribution in [0, 0.1) is 10.1 Å². The maximum atomic E-state index is 12.5. The number of hydrogen-bond acceptors (Lipinski definition) is 4. The van der Waals surface area contributed by atoms with Crippen molar-refractivity contribution in [3.8, 4) is 0 Å². The van der Waals surface area contributed by atoms with E-state index < -0.39 is 20.6 Å². The van der Waals surface area contributed by atoms with E-state index in [0.29, 0.717) is 10.2 Å². The highest BCUT2D eigenvalue weighted by atomic mass is 79.9. The van der Waals surface area contributed by atoms with Crippen LogP contribution in [-0.2, 0) is 10.0 Å². The lowest BCUT2D eigenvalue weighted by atomic mass is 10.2. The predicted molar refractivity (Wildman–Crippen MR) is 89.9 cm³/mol. The normalized spacial score (nSPS) is 11.5. The molecule has 0 radical (unpaired) electrons. The number of halogens is 1. The van der Waals surface area contributed by atoms with Gasteiger partial charge in [-0.2, -0.15) is 0 Å². The summed E-state index contributed by atoms with van der Waals surface area (Å²) in [5.74, 6) is 0. The van der Waals surface area contributed by atoms with Gasteiger partial charge in [0, 0.05) is 33.3 Å². The summed E-state index contributed by atoms with van der Waals surface area (Å²) in [6, 6.07) is 10.5. The van der Waals surface area contributed by atoms with E-state index in [1.54, 1.807) is 30.5 Å². The van der Waals surface area contributed by atoms with Gasteiger partial charge in [0.1, 0.15) is 0 Å². The minimum Gasteiger partial charge on any atom is -0.361 e. The first-order chi connectivity index (χ1) is 10.9. The standard InChI is InChI=1S/C14H10BrN3O4S/c15-10-1-4-14(13(8-10)18(19)20)23(21,22)17-11-2-3-12-9(7-11)5-6-16-12/h1-8,16-17H. The van der Waals surface area contributed by atoms with E-state index in [1.807, 2.05) is 0 Å². The average molecular weight is 396 g/mol. The first-order valence-electron chi connectivity index (χ1n) is 6.41. The van der Waals surface area contributed by atoms with Crippen molar-refractivity contribution in [1.82, 2.24) is 4.98 Å². The van der Waals surface area contributed by atoms with Crippen LogP contribution in [0.25, 0.3) is 10.9 Å². The number of H-pyrrole nitrogens is 1. The van der Waals surface area contributed by atoms with Crippen molar-refractivity contribution in [1.29, 1.82) is 0 Å². The highest BCUT2D eigenvalue weighted by Gasteiger charge is 2.26. The third kappa shape index (κ3) is 3.06. The highest BCUT2D eigenvalue weighted by molar-refractivity contribution is 9.10. The number of aromatic amines is 1. The van der Waals surface area contributed by atoms with Gasteiger partial charge in [-0.15, -0.1) is 0 Å². The largest absolute Gasteiger partial charge is 0.361 e. The molecular weight excluding hydrogens is 386 g/mol. The van der Waals surface area contributed by atoms with Crippen molar-refractivity contribution in [2.24, 2.45) is 0 Å². The molecule has 0 aliphatic heterocycles. The Kier molecular flexibility index (Phi) is 3.82. The molecule has 0 fully saturated rings. The summed E-state index contributed by atoms with van der Waals surface area (Å²) < 4.78 is 27.7. The number of nitro benzene ring substituents is 1. The fourth-order valence-electron chi connectivity index (χ4n) is 2.19. The molecule has 0 aliphatic rings. The molecule has 0 aliphatic carbocycles. The van der Waals surface area contributed by atoms with Crippen molar-refractivity contribution in [2.75, 3.05) is 4.72 Å². The van der Waals surface area contributed by atoms with Crippen LogP contribution < -0.4 is 4.72 Å². The first-order valence-corrected chi connectivity index (χ1v) is 8.68. The first kappa shape index (κ1) is 15.5. The fourth-order valence-corrected chi connectivity index (χ4v) is 3.74. The monoisotopic (exact) mass is 395 g/mol. The zero-order valence-electron chi connectivity index (χ0n) is 11.5. The molecule has 0 amide bonds. The van der Waals surface area contributed by atoms with Gasteiger partial charge in [0.25, 0.3) is 15.7 Å². The number of nitrogens with zero attached hydrogens (tertiary/aromatic N) is 1. The Balaban J connectivity index is 2.03. The van der Waals surface area contributed by atoms with E-state index in [0.717, 1.165) is 17.0 Å². The molecule has 1 aromatic heterocycles. The van der Waals surface area contributed by atoms with Crippen molar-refractivity contribution >= 4 is 48.2 Å². The molecule has 0 unspecified atom stereocenters. The molecule has 118 valence electrons. The second-order valence-corrected chi connectivity index (χ2v) is 7.32. The van der Waals surface area contributed by atoms with E-state index in [4.69, 9.17) is 0 Å². The summed E-state index contributed by atoms with van der Waals surface area (Å²) >= 11 is 3.10. The van der Waals surface area contributed by atoms with Gasteiger partial charge in [-0.3, -0.25) is 14.8 Å². The molecule has 0 atom stereocenters.